The highest BCUT2D eigenvalue weighted by molar-refractivity contribution is 4.93. The van der Waals surface area contributed by atoms with Crippen LogP contribution in [0, 0.1) is 17.8 Å². The fourth-order valence-corrected chi connectivity index (χ4v) is 4.32. The Morgan fingerprint density at radius 1 is 1.00 bits per heavy atom. The maximum absolute atomic E-state index is 3.60. The Kier molecular flexibility index (Phi) is 6.51. The lowest BCUT2D eigenvalue weighted by Gasteiger charge is -2.47. The van der Waals surface area contributed by atoms with Gasteiger partial charge >= 0.3 is 0 Å². The minimum atomic E-state index is 0.705. The standard InChI is InChI=1S/C18H37N3/c1-14(2)13-20-8-10-21(11-9-20)18-12-16(15(3)4)6-7-17(18)19-5/h14-19H,6-13H2,1-5H3. The first kappa shape index (κ1) is 17.2. The second-order valence-electron chi connectivity index (χ2n) is 8.01. The quantitative estimate of drug-likeness (QED) is 0.841. The summed E-state index contributed by atoms with van der Waals surface area (Å²) < 4.78 is 0. The molecule has 3 nitrogen and oxygen atoms in total. The Labute approximate surface area is 132 Å². The first-order valence-electron chi connectivity index (χ1n) is 9.15. The van der Waals surface area contributed by atoms with Crippen LogP contribution in [0.5, 0.6) is 0 Å². The van der Waals surface area contributed by atoms with Crippen molar-refractivity contribution in [2.45, 2.75) is 59.0 Å². The van der Waals surface area contributed by atoms with Crippen LogP contribution in [0.1, 0.15) is 47.0 Å². The Hall–Kier alpha value is -0.120. The van der Waals surface area contributed by atoms with Gasteiger partial charge in [-0.25, -0.2) is 0 Å². The summed E-state index contributed by atoms with van der Waals surface area (Å²) in [5, 5.41) is 3.60. The van der Waals surface area contributed by atoms with Crippen molar-refractivity contribution in [3.8, 4) is 0 Å². The van der Waals surface area contributed by atoms with E-state index in [1.807, 2.05) is 0 Å². The highest BCUT2D eigenvalue weighted by Crippen LogP contribution is 2.33. The Morgan fingerprint density at radius 2 is 1.67 bits per heavy atom. The first-order chi connectivity index (χ1) is 10.0. The average Bonchev–Trinajstić information content (AvgIpc) is 2.46. The van der Waals surface area contributed by atoms with E-state index in [2.05, 4.69) is 49.9 Å². The van der Waals surface area contributed by atoms with E-state index in [1.165, 1.54) is 52.0 Å². The zero-order valence-electron chi connectivity index (χ0n) is 14.9. The zero-order valence-corrected chi connectivity index (χ0v) is 14.9. The summed E-state index contributed by atoms with van der Waals surface area (Å²) in [6.45, 7) is 15.8. The Balaban J connectivity index is 1.89. The van der Waals surface area contributed by atoms with Crippen molar-refractivity contribution in [2.75, 3.05) is 39.8 Å². The third-order valence-corrected chi connectivity index (χ3v) is 5.67. The van der Waals surface area contributed by atoms with Gasteiger partial charge in [-0.1, -0.05) is 27.7 Å². The average molecular weight is 296 g/mol. The van der Waals surface area contributed by atoms with Gasteiger partial charge in [0.05, 0.1) is 0 Å². The van der Waals surface area contributed by atoms with Crippen molar-refractivity contribution < 1.29 is 0 Å². The van der Waals surface area contributed by atoms with Crippen LogP contribution in [0.4, 0.5) is 0 Å². The minimum absolute atomic E-state index is 0.705. The smallest absolute Gasteiger partial charge is 0.0253 e. The van der Waals surface area contributed by atoms with Gasteiger partial charge in [0, 0.05) is 44.8 Å². The molecule has 0 radical (unpaired) electrons. The molecule has 0 aromatic carbocycles. The Morgan fingerprint density at radius 3 is 2.19 bits per heavy atom. The third kappa shape index (κ3) is 4.67. The maximum atomic E-state index is 3.60. The molecule has 124 valence electrons. The second kappa shape index (κ2) is 7.94. The molecule has 0 spiro atoms. The van der Waals surface area contributed by atoms with Crippen LogP contribution in [0.2, 0.25) is 0 Å². The lowest BCUT2D eigenvalue weighted by molar-refractivity contribution is 0.0391. The molecule has 0 amide bonds. The minimum Gasteiger partial charge on any atom is -0.315 e. The van der Waals surface area contributed by atoms with Crippen LogP contribution >= 0.6 is 0 Å². The van der Waals surface area contributed by atoms with Crippen molar-refractivity contribution >= 4 is 0 Å². The molecule has 3 unspecified atom stereocenters. The molecule has 3 heteroatoms. The Bertz CT molecular complexity index is 295. The molecule has 21 heavy (non-hydrogen) atoms. The van der Waals surface area contributed by atoms with Gasteiger partial charge in [0.2, 0.25) is 0 Å². The van der Waals surface area contributed by atoms with Gasteiger partial charge in [-0.3, -0.25) is 4.90 Å². The van der Waals surface area contributed by atoms with Gasteiger partial charge < -0.3 is 10.2 Å². The van der Waals surface area contributed by atoms with E-state index in [9.17, 15) is 0 Å². The van der Waals surface area contributed by atoms with Crippen LogP contribution in [0.25, 0.3) is 0 Å². The van der Waals surface area contributed by atoms with Crippen LogP contribution in [-0.4, -0.2) is 61.7 Å². The molecular formula is C18H37N3. The summed E-state index contributed by atoms with van der Waals surface area (Å²) in [5.41, 5.74) is 0. The van der Waals surface area contributed by atoms with Crippen molar-refractivity contribution in [3.05, 3.63) is 0 Å². The number of nitrogens with zero attached hydrogens (tertiary/aromatic N) is 2. The monoisotopic (exact) mass is 295 g/mol. The lowest BCUT2D eigenvalue weighted by Crippen LogP contribution is -2.58. The van der Waals surface area contributed by atoms with E-state index in [1.54, 1.807) is 0 Å². The largest absolute Gasteiger partial charge is 0.315 e. The third-order valence-electron chi connectivity index (χ3n) is 5.67. The molecule has 0 bridgehead atoms. The van der Waals surface area contributed by atoms with Gasteiger partial charge in [0.15, 0.2) is 0 Å². The molecule has 0 aromatic rings. The van der Waals surface area contributed by atoms with Crippen LogP contribution in [-0.2, 0) is 0 Å². The summed E-state index contributed by atoms with van der Waals surface area (Å²) >= 11 is 0. The van der Waals surface area contributed by atoms with Gasteiger partial charge in [0.1, 0.15) is 0 Å². The number of rotatable bonds is 5. The molecule has 1 saturated heterocycles. The number of nitrogens with one attached hydrogen (secondary N) is 1. The molecule has 1 N–H and O–H groups in total. The van der Waals surface area contributed by atoms with E-state index in [0.29, 0.717) is 6.04 Å². The van der Waals surface area contributed by atoms with Crippen molar-refractivity contribution in [1.82, 2.24) is 15.1 Å². The molecule has 0 aromatic heterocycles. The molecule has 2 rings (SSSR count). The van der Waals surface area contributed by atoms with Gasteiger partial charge in [0.25, 0.3) is 0 Å². The van der Waals surface area contributed by atoms with E-state index >= 15 is 0 Å². The van der Waals surface area contributed by atoms with Crippen LogP contribution < -0.4 is 5.32 Å². The normalized spacial score (nSPS) is 33.0. The number of likely N-dealkylation sites (N-methyl/N-ethyl adjacent to an activating group) is 1. The van der Waals surface area contributed by atoms with E-state index in [-0.39, 0.29) is 0 Å². The fraction of sp³-hybridized carbons (Fsp3) is 1.00. The summed E-state index contributed by atoms with van der Waals surface area (Å²) in [6, 6.07) is 1.47. The zero-order chi connectivity index (χ0) is 15.4. The van der Waals surface area contributed by atoms with Gasteiger partial charge in [-0.2, -0.15) is 0 Å². The van der Waals surface area contributed by atoms with E-state index < -0.39 is 0 Å². The second-order valence-corrected chi connectivity index (χ2v) is 8.01. The van der Waals surface area contributed by atoms with Crippen LogP contribution in [0.15, 0.2) is 0 Å². The summed E-state index contributed by atoms with van der Waals surface area (Å²) in [4.78, 5) is 5.44. The lowest BCUT2D eigenvalue weighted by atomic mass is 9.76. The molecule has 2 fully saturated rings. The highest BCUT2D eigenvalue weighted by Gasteiger charge is 2.35. The maximum Gasteiger partial charge on any atom is 0.0253 e. The van der Waals surface area contributed by atoms with Crippen molar-refractivity contribution in [1.29, 1.82) is 0 Å². The van der Waals surface area contributed by atoms with Gasteiger partial charge in [-0.05, 0) is 44.1 Å². The summed E-state index contributed by atoms with van der Waals surface area (Å²) in [6.07, 6.45) is 4.16. The SMILES string of the molecule is CNC1CCC(C(C)C)CC1N1CCN(CC(C)C)CC1. The van der Waals surface area contributed by atoms with Crippen LogP contribution in [0.3, 0.4) is 0 Å². The molecule has 3 atom stereocenters. The van der Waals surface area contributed by atoms with Gasteiger partial charge in [-0.15, -0.1) is 0 Å². The topological polar surface area (TPSA) is 18.5 Å². The molecule has 1 aliphatic carbocycles. The fourth-order valence-electron chi connectivity index (χ4n) is 4.32. The highest BCUT2D eigenvalue weighted by atomic mass is 15.3. The molecule has 1 aliphatic heterocycles. The first-order valence-corrected chi connectivity index (χ1v) is 9.15. The number of hydrogen-bond acceptors (Lipinski definition) is 3. The number of piperazine rings is 1. The predicted molar refractivity (Wildman–Crippen MR) is 91.7 cm³/mol. The van der Waals surface area contributed by atoms with Crippen molar-refractivity contribution in [3.63, 3.8) is 0 Å². The summed E-state index contributed by atoms with van der Waals surface area (Å²) in [5.74, 6) is 2.56. The molecule has 2 aliphatic rings. The molecule has 1 heterocycles. The van der Waals surface area contributed by atoms with Crippen molar-refractivity contribution in [2.24, 2.45) is 17.8 Å². The van der Waals surface area contributed by atoms with E-state index in [4.69, 9.17) is 0 Å². The summed E-state index contributed by atoms with van der Waals surface area (Å²) in [7, 11) is 2.16. The number of hydrogen-bond donors (Lipinski definition) is 1. The molecule has 1 saturated carbocycles. The molecular weight excluding hydrogens is 258 g/mol. The predicted octanol–water partition coefficient (Wildman–Crippen LogP) is 2.67. The van der Waals surface area contributed by atoms with E-state index in [0.717, 1.165) is 23.8 Å².